The summed E-state index contributed by atoms with van der Waals surface area (Å²) in [5.41, 5.74) is 9.90. The van der Waals surface area contributed by atoms with Crippen LogP contribution in [0.4, 0.5) is 0 Å². The molecule has 0 unspecified atom stereocenters. The van der Waals surface area contributed by atoms with Crippen molar-refractivity contribution in [1.29, 1.82) is 0 Å². The maximum absolute atomic E-state index is 11.1. The van der Waals surface area contributed by atoms with Crippen molar-refractivity contribution in [3.05, 3.63) is 22.4 Å². The van der Waals surface area contributed by atoms with Gasteiger partial charge >= 0.3 is 7.59 Å². The van der Waals surface area contributed by atoms with Crippen LogP contribution in [0.25, 0.3) is 0 Å². The van der Waals surface area contributed by atoms with Gasteiger partial charge in [-0.05, 0) is 11.4 Å². The van der Waals surface area contributed by atoms with Crippen molar-refractivity contribution in [3.8, 4) is 0 Å². The molecule has 7 heteroatoms. The lowest BCUT2D eigenvalue weighted by atomic mass is 10.5. The SMILES string of the molecule is NP(N)(=O)NC(=O)c1cccs1. The van der Waals surface area contributed by atoms with Crippen LogP contribution in [0, 0.1) is 0 Å². The van der Waals surface area contributed by atoms with Gasteiger partial charge in [-0.1, -0.05) is 6.07 Å². The summed E-state index contributed by atoms with van der Waals surface area (Å²) in [7, 11) is -3.46. The predicted molar refractivity (Wildman–Crippen MR) is 47.8 cm³/mol. The van der Waals surface area contributed by atoms with E-state index < -0.39 is 13.5 Å². The molecule has 1 heterocycles. The van der Waals surface area contributed by atoms with E-state index in [0.29, 0.717) is 4.88 Å². The third kappa shape index (κ3) is 2.75. The molecular weight excluding hydrogens is 197 g/mol. The normalized spacial score (nSPS) is 11.2. The van der Waals surface area contributed by atoms with E-state index in [0.717, 1.165) is 0 Å². The Morgan fingerprint density at radius 3 is 2.67 bits per heavy atom. The minimum absolute atomic E-state index is 0.436. The summed E-state index contributed by atoms with van der Waals surface area (Å²) in [5.74, 6) is -0.502. The van der Waals surface area contributed by atoms with Crippen molar-refractivity contribution < 1.29 is 9.36 Å². The fourth-order valence-corrected chi connectivity index (χ4v) is 1.75. The molecule has 1 amide bonds. The lowest BCUT2D eigenvalue weighted by Gasteiger charge is -2.06. The molecule has 0 aliphatic rings. The lowest BCUT2D eigenvalue weighted by Crippen LogP contribution is -2.27. The highest BCUT2D eigenvalue weighted by atomic mass is 32.1. The molecule has 0 atom stereocenters. The summed E-state index contributed by atoms with van der Waals surface area (Å²) in [6.07, 6.45) is 0. The smallest absolute Gasteiger partial charge is 0.279 e. The Kier molecular flexibility index (Phi) is 2.64. The van der Waals surface area contributed by atoms with Crippen molar-refractivity contribution in [1.82, 2.24) is 5.09 Å². The minimum Gasteiger partial charge on any atom is -0.279 e. The van der Waals surface area contributed by atoms with Crippen LogP contribution in [-0.2, 0) is 4.57 Å². The lowest BCUT2D eigenvalue weighted by molar-refractivity contribution is 0.0984. The van der Waals surface area contributed by atoms with Gasteiger partial charge in [0.25, 0.3) is 5.91 Å². The molecule has 0 aromatic carbocycles. The summed E-state index contributed by atoms with van der Waals surface area (Å²) in [4.78, 5) is 11.5. The van der Waals surface area contributed by atoms with Gasteiger partial charge in [-0.3, -0.25) is 25.5 Å². The van der Waals surface area contributed by atoms with Crippen LogP contribution < -0.4 is 16.1 Å². The van der Waals surface area contributed by atoms with Crippen molar-refractivity contribution in [2.24, 2.45) is 11.0 Å². The van der Waals surface area contributed by atoms with Crippen molar-refractivity contribution in [2.75, 3.05) is 0 Å². The molecule has 0 aliphatic heterocycles. The standard InChI is InChI=1S/C5H8N3O2PS/c6-11(7,10)8-5(9)4-2-1-3-12-4/h1-3H,(H5,6,7,8,9,10). The third-order valence-corrected chi connectivity index (χ3v) is 2.44. The second-order valence-electron chi connectivity index (χ2n) is 2.13. The van der Waals surface area contributed by atoms with Gasteiger partial charge in [0.1, 0.15) is 0 Å². The zero-order valence-corrected chi connectivity index (χ0v) is 7.77. The summed E-state index contributed by atoms with van der Waals surface area (Å²) >= 11 is 1.23. The van der Waals surface area contributed by atoms with Gasteiger partial charge in [0.15, 0.2) is 0 Å². The van der Waals surface area contributed by atoms with E-state index in [-0.39, 0.29) is 0 Å². The first-order valence-corrected chi connectivity index (χ1v) is 5.75. The maximum Gasteiger partial charge on any atom is 0.300 e. The number of hydrogen-bond donors (Lipinski definition) is 3. The maximum atomic E-state index is 11.1. The van der Waals surface area contributed by atoms with Gasteiger partial charge in [0, 0.05) is 0 Å². The summed E-state index contributed by atoms with van der Waals surface area (Å²) in [6.45, 7) is 0. The molecule has 0 radical (unpaired) electrons. The van der Waals surface area contributed by atoms with E-state index >= 15 is 0 Å². The largest absolute Gasteiger partial charge is 0.300 e. The molecule has 0 saturated heterocycles. The van der Waals surface area contributed by atoms with Crippen LogP contribution >= 0.6 is 18.9 Å². The Labute approximate surface area is 73.3 Å². The number of nitrogens with two attached hydrogens (primary N) is 2. The first kappa shape index (κ1) is 9.41. The van der Waals surface area contributed by atoms with Crippen molar-refractivity contribution in [3.63, 3.8) is 0 Å². The average molecular weight is 205 g/mol. The molecule has 1 aromatic rings. The second kappa shape index (κ2) is 3.37. The number of amides is 1. The monoisotopic (exact) mass is 205 g/mol. The molecule has 0 fully saturated rings. The molecule has 12 heavy (non-hydrogen) atoms. The van der Waals surface area contributed by atoms with Crippen LogP contribution in [0.15, 0.2) is 17.5 Å². The molecular formula is C5H8N3O2PS. The number of thiophene rings is 1. The van der Waals surface area contributed by atoms with Gasteiger partial charge in [0.2, 0.25) is 0 Å². The second-order valence-corrected chi connectivity index (χ2v) is 4.72. The van der Waals surface area contributed by atoms with Crippen LogP contribution in [0.1, 0.15) is 9.67 Å². The summed E-state index contributed by atoms with van der Waals surface area (Å²) < 4.78 is 10.7. The molecule has 0 bridgehead atoms. The molecule has 5 N–H and O–H groups in total. The number of nitrogens with one attached hydrogen (secondary N) is 1. The molecule has 0 spiro atoms. The first-order valence-electron chi connectivity index (χ1n) is 3.02. The Morgan fingerprint density at radius 1 is 1.58 bits per heavy atom. The van der Waals surface area contributed by atoms with Crippen LogP contribution in [0.5, 0.6) is 0 Å². The fourth-order valence-electron chi connectivity index (χ4n) is 0.622. The number of hydrogen-bond acceptors (Lipinski definition) is 3. The zero-order chi connectivity index (χ0) is 9.19. The van der Waals surface area contributed by atoms with Crippen LogP contribution in [0.2, 0.25) is 0 Å². The van der Waals surface area contributed by atoms with Gasteiger partial charge in [-0.15, -0.1) is 11.3 Å². The minimum atomic E-state index is -3.46. The predicted octanol–water partition coefficient (Wildman–Crippen LogP) is 0.503. The van der Waals surface area contributed by atoms with E-state index in [1.54, 1.807) is 17.5 Å². The highest BCUT2D eigenvalue weighted by Gasteiger charge is 2.14. The zero-order valence-electron chi connectivity index (χ0n) is 6.06. The Bertz CT molecular complexity index is 317. The molecule has 1 rings (SSSR count). The number of carbonyl (C=O) groups is 1. The van der Waals surface area contributed by atoms with Gasteiger partial charge in [-0.2, -0.15) is 0 Å². The van der Waals surface area contributed by atoms with E-state index in [9.17, 15) is 9.36 Å². The molecule has 0 aliphatic carbocycles. The number of rotatable bonds is 2. The van der Waals surface area contributed by atoms with Gasteiger partial charge < -0.3 is 0 Å². The summed E-state index contributed by atoms with van der Waals surface area (Å²) in [6, 6.07) is 3.30. The van der Waals surface area contributed by atoms with Crippen molar-refractivity contribution in [2.45, 2.75) is 0 Å². The fraction of sp³-hybridized carbons (Fsp3) is 0. The highest BCUT2D eigenvalue weighted by Crippen LogP contribution is 2.19. The molecule has 5 nitrogen and oxygen atoms in total. The quantitative estimate of drug-likeness (QED) is 0.612. The van der Waals surface area contributed by atoms with E-state index in [1.165, 1.54) is 11.3 Å². The highest BCUT2D eigenvalue weighted by molar-refractivity contribution is 7.57. The van der Waals surface area contributed by atoms with Crippen LogP contribution in [-0.4, -0.2) is 5.91 Å². The Morgan fingerprint density at radius 2 is 2.25 bits per heavy atom. The van der Waals surface area contributed by atoms with Crippen LogP contribution in [0.3, 0.4) is 0 Å². The van der Waals surface area contributed by atoms with E-state index in [1.807, 2.05) is 5.09 Å². The van der Waals surface area contributed by atoms with Gasteiger partial charge in [0.05, 0.1) is 4.88 Å². The summed E-state index contributed by atoms with van der Waals surface area (Å²) in [5, 5.41) is 3.73. The molecule has 0 saturated carbocycles. The van der Waals surface area contributed by atoms with E-state index in [2.05, 4.69) is 0 Å². The van der Waals surface area contributed by atoms with Gasteiger partial charge in [-0.25, -0.2) is 0 Å². The first-order chi connectivity index (χ1) is 5.49. The Hall–Kier alpha value is -0.680. The van der Waals surface area contributed by atoms with E-state index in [4.69, 9.17) is 11.0 Å². The third-order valence-electron chi connectivity index (χ3n) is 1.02. The molecule has 66 valence electrons. The number of carbonyl (C=O) groups excluding carboxylic acids is 1. The topological polar surface area (TPSA) is 98.2 Å². The molecule has 1 aromatic heterocycles. The van der Waals surface area contributed by atoms with Crippen molar-refractivity contribution >= 4 is 24.8 Å². The Balaban J connectivity index is 2.69. The average Bonchev–Trinajstić information content (AvgIpc) is 2.32.